The second-order valence-corrected chi connectivity index (χ2v) is 8.62. The van der Waals surface area contributed by atoms with Gasteiger partial charge in [-0.3, -0.25) is 0 Å². The first-order chi connectivity index (χ1) is 15.6. The van der Waals surface area contributed by atoms with E-state index in [9.17, 15) is 4.39 Å². The molecule has 1 N–H and O–H groups in total. The zero-order chi connectivity index (χ0) is 22.1. The molecule has 0 amide bonds. The maximum atomic E-state index is 12.9. The van der Waals surface area contributed by atoms with E-state index in [1.165, 1.54) is 4.68 Å². The zero-order valence-corrected chi connectivity index (χ0v) is 18.3. The Hall–Kier alpha value is -3.20. The topological polar surface area (TPSA) is 81.0 Å². The van der Waals surface area contributed by atoms with Crippen LogP contribution in [-0.2, 0) is 0 Å². The number of hydrogen-bond acceptors (Lipinski definition) is 7. The van der Waals surface area contributed by atoms with Crippen LogP contribution in [0.4, 0.5) is 16.2 Å². The number of aryl methyl sites for hydroxylation is 1. The molecule has 2 aliphatic rings. The first-order valence-electron chi connectivity index (χ1n) is 10.6. The molecule has 0 unspecified atom stereocenters. The second kappa shape index (κ2) is 8.74. The molecule has 0 spiro atoms. The van der Waals surface area contributed by atoms with Crippen molar-refractivity contribution in [2.24, 2.45) is 11.8 Å². The highest BCUT2D eigenvalue weighted by Crippen LogP contribution is 2.39. The lowest BCUT2D eigenvalue weighted by Crippen LogP contribution is -2.48. The van der Waals surface area contributed by atoms with E-state index in [0.717, 1.165) is 43.6 Å². The summed E-state index contributed by atoms with van der Waals surface area (Å²) in [5.74, 6) is 2.75. The summed E-state index contributed by atoms with van der Waals surface area (Å²) >= 11 is 6.03. The summed E-state index contributed by atoms with van der Waals surface area (Å²) in [6.07, 6.45) is 5.43. The first-order valence-corrected chi connectivity index (χ1v) is 10.9. The van der Waals surface area contributed by atoms with Gasteiger partial charge in [-0.1, -0.05) is 17.7 Å². The van der Waals surface area contributed by atoms with Crippen LogP contribution in [0.2, 0.25) is 5.02 Å². The average molecular weight is 456 g/mol. The van der Waals surface area contributed by atoms with Crippen molar-refractivity contribution in [2.75, 3.05) is 23.3 Å². The van der Waals surface area contributed by atoms with Crippen LogP contribution in [0.25, 0.3) is 6.20 Å². The number of halogens is 2. The van der Waals surface area contributed by atoms with Gasteiger partial charge in [0.25, 0.3) is 0 Å². The van der Waals surface area contributed by atoms with Gasteiger partial charge in [-0.05, 0) is 49.8 Å². The Kier molecular flexibility index (Phi) is 5.65. The van der Waals surface area contributed by atoms with Crippen LogP contribution in [-0.4, -0.2) is 43.9 Å². The van der Waals surface area contributed by atoms with E-state index >= 15 is 0 Å². The molecule has 1 aliphatic heterocycles. The maximum absolute atomic E-state index is 12.9. The minimum Gasteiger partial charge on any atom is -0.424 e. The molecule has 1 aliphatic carbocycles. The molecular formula is C22H23ClFN7O. The number of nitrogens with one attached hydrogen (secondary N) is 1. The third kappa shape index (κ3) is 4.25. The molecule has 1 saturated heterocycles. The van der Waals surface area contributed by atoms with E-state index in [2.05, 4.69) is 30.3 Å². The van der Waals surface area contributed by atoms with E-state index < -0.39 is 0 Å². The number of ether oxygens (including phenoxy) is 1. The molecular weight excluding hydrogens is 433 g/mol. The van der Waals surface area contributed by atoms with Gasteiger partial charge in [0.1, 0.15) is 24.2 Å². The normalized spacial score (nSPS) is 22.5. The SMILES string of the molecule is Cc1cc(N2C[C@@H]3CC[C@@H](C2)C3Nc2nc(Oc3cccc(Cl)c3)n(C=CF)n2)ncn1. The number of fused-ring (bicyclic) bond motifs is 2. The minimum absolute atomic E-state index is 0.157. The van der Waals surface area contributed by atoms with Crippen LogP contribution < -0.4 is 15.0 Å². The summed E-state index contributed by atoms with van der Waals surface area (Å²) in [6.45, 7) is 3.79. The van der Waals surface area contributed by atoms with Gasteiger partial charge in [0.15, 0.2) is 0 Å². The summed E-state index contributed by atoms with van der Waals surface area (Å²) in [5, 5.41) is 8.39. The predicted octanol–water partition coefficient (Wildman–Crippen LogP) is 4.55. The first kappa shape index (κ1) is 20.7. The lowest BCUT2D eigenvalue weighted by molar-refractivity contribution is 0.374. The van der Waals surface area contributed by atoms with Crippen molar-refractivity contribution in [3.05, 3.63) is 53.7 Å². The van der Waals surface area contributed by atoms with Crippen molar-refractivity contribution >= 4 is 29.6 Å². The lowest BCUT2D eigenvalue weighted by atomic mass is 9.92. The molecule has 2 bridgehead atoms. The summed E-state index contributed by atoms with van der Waals surface area (Å²) in [7, 11) is 0. The van der Waals surface area contributed by atoms with E-state index in [1.807, 2.05) is 13.0 Å². The number of hydrogen-bond donors (Lipinski definition) is 1. The average Bonchev–Trinajstić information content (AvgIpc) is 3.23. The monoisotopic (exact) mass is 455 g/mol. The molecule has 3 heterocycles. The van der Waals surface area contributed by atoms with E-state index in [1.54, 1.807) is 30.6 Å². The largest absolute Gasteiger partial charge is 0.424 e. The molecule has 10 heteroatoms. The Balaban J connectivity index is 1.32. The molecule has 32 heavy (non-hydrogen) atoms. The molecule has 1 aromatic carbocycles. The molecule has 0 radical (unpaired) electrons. The Morgan fingerprint density at radius 1 is 1.19 bits per heavy atom. The number of piperidine rings is 1. The highest BCUT2D eigenvalue weighted by atomic mass is 35.5. The molecule has 2 aromatic heterocycles. The van der Waals surface area contributed by atoms with Gasteiger partial charge in [-0.15, -0.1) is 5.10 Å². The van der Waals surface area contributed by atoms with E-state index in [4.69, 9.17) is 16.3 Å². The summed E-state index contributed by atoms with van der Waals surface area (Å²) in [6, 6.07) is 9.35. The number of aromatic nitrogens is 5. The second-order valence-electron chi connectivity index (χ2n) is 8.19. The van der Waals surface area contributed by atoms with Gasteiger partial charge < -0.3 is 15.0 Å². The minimum atomic E-state index is 0.157. The Bertz CT molecular complexity index is 1120. The van der Waals surface area contributed by atoms with Crippen molar-refractivity contribution in [3.63, 3.8) is 0 Å². The van der Waals surface area contributed by atoms with E-state index in [-0.39, 0.29) is 12.1 Å². The van der Waals surface area contributed by atoms with Gasteiger partial charge in [-0.25, -0.2) is 14.4 Å². The Morgan fingerprint density at radius 2 is 2.00 bits per heavy atom. The van der Waals surface area contributed by atoms with Crippen LogP contribution in [0.15, 0.2) is 43.0 Å². The quantitative estimate of drug-likeness (QED) is 0.584. The molecule has 2 atom stereocenters. The van der Waals surface area contributed by atoms with E-state index in [0.29, 0.717) is 34.9 Å². The Morgan fingerprint density at radius 3 is 2.72 bits per heavy atom. The highest BCUT2D eigenvalue weighted by molar-refractivity contribution is 6.30. The number of nitrogens with zero attached hydrogens (tertiary/aromatic N) is 6. The van der Waals surface area contributed by atoms with Crippen molar-refractivity contribution < 1.29 is 9.13 Å². The molecule has 8 nitrogen and oxygen atoms in total. The van der Waals surface area contributed by atoms with Crippen molar-refractivity contribution in [1.82, 2.24) is 24.7 Å². The smallest absolute Gasteiger partial charge is 0.326 e. The standard InChI is InChI=1S/C22H23ClFN7O/c1-14-9-19(26-13-25-14)30-11-15-5-6-16(12-30)20(15)27-21-28-22(31(29-21)8-7-24)32-18-4-2-3-17(23)10-18/h2-4,7-10,13,15-16,20H,5-6,11-12H2,1H3,(H,27,29)/t15-,16-/m0/s1. The lowest BCUT2D eigenvalue weighted by Gasteiger charge is -2.38. The van der Waals surface area contributed by atoms with Crippen molar-refractivity contribution in [2.45, 2.75) is 25.8 Å². The van der Waals surface area contributed by atoms with Crippen LogP contribution in [0.5, 0.6) is 11.8 Å². The van der Waals surface area contributed by atoms with Crippen LogP contribution >= 0.6 is 11.6 Å². The molecule has 2 fully saturated rings. The third-order valence-corrected chi connectivity index (χ3v) is 6.28. The molecule has 1 saturated carbocycles. The summed E-state index contributed by atoms with van der Waals surface area (Å²) in [5.41, 5.74) is 0.963. The molecule has 166 valence electrons. The van der Waals surface area contributed by atoms with Crippen molar-refractivity contribution in [3.8, 4) is 11.8 Å². The molecule has 3 aromatic rings. The highest BCUT2D eigenvalue weighted by Gasteiger charge is 2.43. The summed E-state index contributed by atoms with van der Waals surface area (Å²) in [4.78, 5) is 15.4. The van der Waals surface area contributed by atoms with Crippen LogP contribution in [0.3, 0.4) is 0 Å². The van der Waals surface area contributed by atoms with Gasteiger partial charge in [0.05, 0.1) is 6.20 Å². The van der Waals surface area contributed by atoms with Gasteiger partial charge in [-0.2, -0.15) is 9.67 Å². The van der Waals surface area contributed by atoms with Crippen LogP contribution in [0.1, 0.15) is 18.5 Å². The van der Waals surface area contributed by atoms with Gasteiger partial charge >= 0.3 is 6.01 Å². The third-order valence-electron chi connectivity index (χ3n) is 6.05. The maximum Gasteiger partial charge on any atom is 0.326 e. The zero-order valence-electron chi connectivity index (χ0n) is 17.5. The van der Waals surface area contributed by atoms with Crippen molar-refractivity contribution in [1.29, 1.82) is 0 Å². The fraction of sp³-hybridized carbons (Fsp3) is 0.364. The van der Waals surface area contributed by atoms with Gasteiger partial charge in [0, 0.05) is 35.9 Å². The number of rotatable bonds is 6. The molecule has 5 rings (SSSR count). The summed E-state index contributed by atoms with van der Waals surface area (Å²) < 4.78 is 20.0. The number of anilines is 2. The Labute approximate surface area is 190 Å². The predicted molar refractivity (Wildman–Crippen MR) is 121 cm³/mol. The fourth-order valence-electron chi connectivity index (χ4n) is 4.63. The van der Waals surface area contributed by atoms with Crippen LogP contribution in [0, 0.1) is 18.8 Å². The van der Waals surface area contributed by atoms with Gasteiger partial charge in [0.2, 0.25) is 5.95 Å². The number of benzene rings is 1. The fourth-order valence-corrected chi connectivity index (χ4v) is 4.81.